The Balaban J connectivity index is 1.22. The van der Waals surface area contributed by atoms with Gasteiger partial charge >= 0.3 is 0 Å². The molecular weight excluding hydrogens is 388 g/mol. The molecule has 1 N–H and O–H groups in total. The molecule has 1 atom stereocenters. The van der Waals surface area contributed by atoms with Crippen molar-refractivity contribution in [1.29, 1.82) is 0 Å². The Morgan fingerprint density at radius 3 is 2.27 bits per heavy atom. The molecule has 1 unspecified atom stereocenters. The number of nitrogens with one attached hydrogen (secondary N) is 1. The number of hydrogen-bond acceptors (Lipinski definition) is 7. The molecule has 0 saturated carbocycles. The van der Waals surface area contributed by atoms with Crippen molar-refractivity contribution in [2.75, 3.05) is 39.5 Å². The van der Waals surface area contributed by atoms with Gasteiger partial charge in [-0.15, -0.1) is 0 Å². The molecule has 1 saturated heterocycles. The summed E-state index contributed by atoms with van der Waals surface area (Å²) in [6.07, 6.45) is -0.169. The Hall–Kier alpha value is -2.94. The summed E-state index contributed by atoms with van der Waals surface area (Å²) >= 11 is 0. The normalized spacial score (nSPS) is 21.7. The summed E-state index contributed by atoms with van der Waals surface area (Å²) in [6, 6.07) is 14.4. The van der Waals surface area contributed by atoms with Crippen molar-refractivity contribution < 1.29 is 28.5 Å². The predicted octanol–water partition coefficient (Wildman–Crippen LogP) is 1.46. The van der Waals surface area contributed by atoms with Crippen molar-refractivity contribution >= 4 is 11.8 Å². The highest BCUT2D eigenvalue weighted by molar-refractivity contribution is 6.21. The first-order valence-electron chi connectivity index (χ1n) is 9.98. The Labute approximate surface area is 173 Å². The number of amides is 2. The number of rotatable bonds is 6. The lowest BCUT2D eigenvalue weighted by Crippen LogP contribution is -2.53. The van der Waals surface area contributed by atoms with Crippen LogP contribution in [0.4, 0.5) is 0 Å². The fourth-order valence-electron chi connectivity index (χ4n) is 3.96. The molecule has 1 fully saturated rings. The summed E-state index contributed by atoms with van der Waals surface area (Å²) in [5.74, 6) is -0.284. The molecular formula is C22H22N2O6. The van der Waals surface area contributed by atoms with E-state index < -0.39 is 5.79 Å². The molecule has 5 rings (SSSR count). The second-order valence-electron chi connectivity index (χ2n) is 7.48. The number of nitrogens with zero attached hydrogens (tertiary/aromatic N) is 1. The first-order valence-corrected chi connectivity index (χ1v) is 9.98. The quantitative estimate of drug-likeness (QED) is 0.722. The molecule has 0 aliphatic carbocycles. The maximum atomic E-state index is 12.7. The molecule has 0 bridgehead atoms. The van der Waals surface area contributed by atoms with Gasteiger partial charge < -0.3 is 24.3 Å². The zero-order chi connectivity index (χ0) is 20.6. The average molecular weight is 410 g/mol. The van der Waals surface area contributed by atoms with E-state index in [4.69, 9.17) is 18.9 Å². The predicted molar refractivity (Wildman–Crippen MR) is 106 cm³/mol. The van der Waals surface area contributed by atoms with E-state index in [0.29, 0.717) is 49.8 Å². The van der Waals surface area contributed by atoms with E-state index in [1.807, 2.05) is 24.3 Å². The van der Waals surface area contributed by atoms with Crippen LogP contribution in [0.3, 0.4) is 0 Å². The van der Waals surface area contributed by atoms with Gasteiger partial charge in [-0.3, -0.25) is 14.5 Å². The van der Waals surface area contributed by atoms with E-state index in [9.17, 15) is 9.59 Å². The van der Waals surface area contributed by atoms with Crippen LogP contribution in [-0.2, 0) is 9.47 Å². The lowest BCUT2D eigenvalue weighted by molar-refractivity contribution is -0.159. The molecule has 2 amide bonds. The minimum Gasteiger partial charge on any atom is -0.486 e. The van der Waals surface area contributed by atoms with Crippen molar-refractivity contribution in [1.82, 2.24) is 10.2 Å². The maximum Gasteiger partial charge on any atom is 0.261 e. The lowest BCUT2D eigenvalue weighted by atomic mass is 10.1. The fourth-order valence-corrected chi connectivity index (χ4v) is 3.96. The number of fused-ring (bicyclic) bond motifs is 2. The number of imide groups is 1. The van der Waals surface area contributed by atoms with Crippen LogP contribution in [0.25, 0.3) is 0 Å². The minimum atomic E-state index is -1.08. The van der Waals surface area contributed by atoms with Gasteiger partial charge in [0.15, 0.2) is 17.3 Å². The molecule has 0 spiro atoms. The summed E-state index contributed by atoms with van der Waals surface area (Å²) in [6.45, 7) is 2.07. The van der Waals surface area contributed by atoms with Gasteiger partial charge in [-0.05, 0) is 24.3 Å². The van der Waals surface area contributed by atoms with Crippen LogP contribution >= 0.6 is 0 Å². The number of ether oxygens (including phenoxy) is 4. The third-order valence-electron chi connectivity index (χ3n) is 5.42. The van der Waals surface area contributed by atoms with Crippen LogP contribution in [0.15, 0.2) is 48.5 Å². The SMILES string of the molecule is O=C1c2ccccc2C(=O)N1CC1(CNCC2COc3ccccc3O2)OCCO1. The van der Waals surface area contributed by atoms with Crippen LogP contribution in [0, 0.1) is 0 Å². The van der Waals surface area contributed by atoms with Gasteiger partial charge in [-0.25, -0.2) is 0 Å². The van der Waals surface area contributed by atoms with E-state index in [1.54, 1.807) is 24.3 Å². The molecule has 0 radical (unpaired) electrons. The minimum absolute atomic E-state index is 0.0250. The highest BCUT2D eigenvalue weighted by Gasteiger charge is 2.45. The van der Waals surface area contributed by atoms with E-state index in [2.05, 4.69) is 5.32 Å². The second kappa shape index (κ2) is 7.71. The first kappa shape index (κ1) is 19.0. The Morgan fingerprint density at radius 1 is 0.933 bits per heavy atom. The van der Waals surface area contributed by atoms with Gasteiger partial charge in [0.1, 0.15) is 12.7 Å². The summed E-state index contributed by atoms with van der Waals surface area (Å²) in [7, 11) is 0. The molecule has 30 heavy (non-hydrogen) atoms. The van der Waals surface area contributed by atoms with Crippen LogP contribution < -0.4 is 14.8 Å². The third kappa shape index (κ3) is 3.43. The number of hydrogen-bond donors (Lipinski definition) is 1. The van der Waals surface area contributed by atoms with Gasteiger partial charge in [-0.2, -0.15) is 0 Å². The number of para-hydroxylation sites is 2. The molecule has 0 aromatic heterocycles. The zero-order valence-corrected chi connectivity index (χ0v) is 16.3. The van der Waals surface area contributed by atoms with Crippen molar-refractivity contribution in [3.63, 3.8) is 0 Å². The van der Waals surface area contributed by atoms with E-state index in [1.165, 1.54) is 4.90 Å². The Kier molecular flexibility index (Phi) is 4.90. The van der Waals surface area contributed by atoms with Crippen molar-refractivity contribution in [3.8, 4) is 11.5 Å². The summed E-state index contributed by atoms with van der Waals surface area (Å²) < 4.78 is 23.4. The topological polar surface area (TPSA) is 86.3 Å². The van der Waals surface area contributed by atoms with E-state index in [-0.39, 0.29) is 24.5 Å². The van der Waals surface area contributed by atoms with Gasteiger partial charge in [-0.1, -0.05) is 24.3 Å². The monoisotopic (exact) mass is 410 g/mol. The highest BCUT2D eigenvalue weighted by atomic mass is 16.7. The molecule has 3 heterocycles. The molecule has 3 aliphatic rings. The van der Waals surface area contributed by atoms with Crippen molar-refractivity contribution in [3.05, 3.63) is 59.7 Å². The summed E-state index contributed by atoms with van der Waals surface area (Å²) in [4.78, 5) is 26.6. The number of carbonyl (C=O) groups is 2. The second-order valence-corrected chi connectivity index (χ2v) is 7.48. The molecule has 8 heteroatoms. The standard InChI is InChI=1S/C22H22N2O6/c25-20-16-5-1-2-6-17(16)21(26)24(20)14-22(28-9-10-29-22)13-23-11-15-12-27-18-7-3-4-8-19(18)30-15/h1-8,15,23H,9-14H2. The summed E-state index contributed by atoms with van der Waals surface area (Å²) in [5.41, 5.74) is 0.824. The van der Waals surface area contributed by atoms with Crippen LogP contribution in [-0.4, -0.2) is 68.1 Å². The molecule has 8 nitrogen and oxygen atoms in total. The molecule has 156 valence electrons. The third-order valence-corrected chi connectivity index (χ3v) is 5.42. The van der Waals surface area contributed by atoms with Gasteiger partial charge in [0.25, 0.3) is 11.8 Å². The van der Waals surface area contributed by atoms with Gasteiger partial charge in [0.2, 0.25) is 0 Å². The molecule has 2 aromatic carbocycles. The van der Waals surface area contributed by atoms with Gasteiger partial charge in [0.05, 0.1) is 37.4 Å². The summed E-state index contributed by atoms with van der Waals surface area (Å²) in [5, 5.41) is 3.29. The number of carbonyl (C=O) groups excluding carboxylic acids is 2. The largest absolute Gasteiger partial charge is 0.486 e. The van der Waals surface area contributed by atoms with Gasteiger partial charge in [0, 0.05) is 6.54 Å². The maximum absolute atomic E-state index is 12.7. The van der Waals surface area contributed by atoms with Crippen molar-refractivity contribution in [2.45, 2.75) is 11.9 Å². The average Bonchev–Trinajstić information content (AvgIpc) is 3.33. The zero-order valence-electron chi connectivity index (χ0n) is 16.3. The highest BCUT2D eigenvalue weighted by Crippen LogP contribution is 2.31. The van der Waals surface area contributed by atoms with Crippen LogP contribution in [0.5, 0.6) is 11.5 Å². The van der Waals surface area contributed by atoms with E-state index in [0.717, 1.165) is 5.75 Å². The lowest BCUT2D eigenvalue weighted by Gasteiger charge is -2.32. The Morgan fingerprint density at radius 2 is 1.57 bits per heavy atom. The molecule has 2 aromatic rings. The van der Waals surface area contributed by atoms with E-state index >= 15 is 0 Å². The molecule has 3 aliphatic heterocycles. The van der Waals surface area contributed by atoms with Crippen molar-refractivity contribution in [2.24, 2.45) is 0 Å². The smallest absolute Gasteiger partial charge is 0.261 e. The number of benzene rings is 2. The Bertz CT molecular complexity index is 937. The van der Waals surface area contributed by atoms with Crippen LogP contribution in [0.1, 0.15) is 20.7 Å². The first-order chi connectivity index (χ1) is 14.7. The van der Waals surface area contributed by atoms with Crippen LogP contribution in [0.2, 0.25) is 0 Å². The fraction of sp³-hybridized carbons (Fsp3) is 0.364.